The molecule has 1 aromatic rings. The van der Waals surface area contributed by atoms with Crippen LogP contribution in [0.4, 0.5) is 9.59 Å². The van der Waals surface area contributed by atoms with Crippen molar-refractivity contribution in [3.8, 4) is 0 Å². The van der Waals surface area contributed by atoms with Crippen molar-refractivity contribution in [1.82, 2.24) is 15.5 Å². The third kappa shape index (κ3) is 8.42. The van der Waals surface area contributed by atoms with Gasteiger partial charge in [0.25, 0.3) is 0 Å². The molecule has 0 aromatic heterocycles. The van der Waals surface area contributed by atoms with Crippen molar-refractivity contribution in [3.63, 3.8) is 0 Å². The molecule has 0 unspecified atom stereocenters. The first kappa shape index (κ1) is 22.4. The molecule has 0 spiro atoms. The van der Waals surface area contributed by atoms with E-state index in [2.05, 4.69) is 41.8 Å². The van der Waals surface area contributed by atoms with E-state index >= 15 is 0 Å². The van der Waals surface area contributed by atoms with Crippen LogP contribution in [0.5, 0.6) is 0 Å². The lowest BCUT2D eigenvalue weighted by molar-refractivity contribution is 0.187. The number of carbonyl (C=O) groups is 2. The molecule has 28 heavy (non-hydrogen) atoms. The Morgan fingerprint density at radius 2 is 1.79 bits per heavy atom. The summed E-state index contributed by atoms with van der Waals surface area (Å²) in [5, 5.41) is 14.6. The third-order valence-electron chi connectivity index (χ3n) is 4.95. The zero-order chi connectivity index (χ0) is 20.2. The summed E-state index contributed by atoms with van der Waals surface area (Å²) in [6.07, 6.45) is 6.43. The van der Waals surface area contributed by atoms with E-state index in [9.17, 15) is 9.59 Å². The number of nitrogens with one attached hydrogen (secondary N) is 2. The first-order chi connectivity index (χ1) is 13.6. The highest BCUT2D eigenvalue weighted by Gasteiger charge is 2.23. The molecule has 156 valence electrons. The highest BCUT2D eigenvalue weighted by Crippen LogP contribution is 2.30. The number of rotatable bonds is 10. The zero-order valence-electron chi connectivity index (χ0n) is 16.8. The predicted octanol–water partition coefficient (Wildman–Crippen LogP) is 4.34. The predicted molar refractivity (Wildman–Crippen MR) is 114 cm³/mol. The number of carbonyl (C=O) groups excluding carboxylic acids is 1. The number of hydrogen-bond acceptors (Lipinski definition) is 3. The van der Waals surface area contributed by atoms with Crippen LogP contribution in [0, 0.1) is 0 Å². The van der Waals surface area contributed by atoms with E-state index < -0.39 is 6.09 Å². The van der Waals surface area contributed by atoms with Crippen LogP contribution in [0.25, 0.3) is 0 Å². The first-order valence-corrected chi connectivity index (χ1v) is 11.2. The smallest absolute Gasteiger partial charge is 0.404 e. The topological polar surface area (TPSA) is 81.7 Å². The molecule has 7 heteroatoms. The number of thioether (sulfide) groups is 1. The molecule has 1 aliphatic rings. The number of nitrogens with zero attached hydrogens (tertiary/aromatic N) is 1. The minimum atomic E-state index is -0.983. The maximum absolute atomic E-state index is 12.2. The van der Waals surface area contributed by atoms with Crippen molar-refractivity contribution in [1.29, 1.82) is 0 Å². The van der Waals surface area contributed by atoms with Gasteiger partial charge in [-0.05, 0) is 43.4 Å². The average molecular weight is 408 g/mol. The molecule has 1 fully saturated rings. The Morgan fingerprint density at radius 1 is 1.07 bits per heavy atom. The van der Waals surface area contributed by atoms with Gasteiger partial charge in [-0.1, -0.05) is 38.3 Å². The zero-order valence-corrected chi connectivity index (χ0v) is 17.6. The second-order valence-electron chi connectivity index (χ2n) is 7.22. The van der Waals surface area contributed by atoms with Crippen molar-refractivity contribution in [3.05, 3.63) is 29.8 Å². The molecule has 1 aromatic carbocycles. The van der Waals surface area contributed by atoms with Crippen LogP contribution in [0.1, 0.15) is 51.0 Å². The number of hydrogen-bond donors (Lipinski definition) is 3. The minimum Gasteiger partial charge on any atom is -0.465 e. The van der Waals surface area contributed by atoms with Crippen molar-refractivity contribution in [2.45, 2.75) is 62.0 Å². The van der Waals surface area contributed by atoms with Gasteiger partial charge in [-0.25, -0.2) is 9.59 Å². The quantitative estimate of drug-likeness (QED) is 0.504. The van der Waals surface area contributed by atoms with Gasteiger partial charge in [0.1, 0.15) is 0 Å². The fraction of sp³-hybridized carbons (Fsp3) is 0.619. The summed E-state index contributed by atoms with van der Waals surface area (Å²) in [4.78, 5) is 25.9. The first-order valence-electron chi connectivity index (χ1n) is 10.3. The molecule has 3 amide bonds. The van der Waals surface area contributed by atoms with Crippen LogP contribution in [0.2, 0.25) is 0 Å². The van der Waals surface area contributed by atoms with Crippen LogP contribution < -0.4 is 10.6 Å². The Balaban J connectivity index is 1.65. The maximum Gasteiger partial charge on any atom is 0.404 e. The Kier molecular flexibility index (Phi) is 10.0. The number of benzene rings is 1. The van der Waals surface area contributed by atoms with Crippen LogP contribution >= 0.6 is 11.8 Å². The van der Waals surface area contributed by atoms with Gasteiger partial charge < -0.3 is 20.6 Å². The van der Waals surface area contributed by atoms with E-state index in [1.165, 1.54) is 24.2 Å². The Hall–Kier alpha value is -1.89. The Labute approximate surface area is 172 Å². The summed E-state index contributed by atoms with van der Waals surface area (Å²) < 4.78 is 0. The van der Waals surface area contributed by atoms with E-state index in [1.54, 1.807) is 0 Å². The summed E-state index contributed by atoms with van der Waals surface area (Å²) >= 11 is 1.87. The molecule has 1 aliphatic heterocycles. The van der Waals surface area contributed by atoms with E-state index in [0.29, 0.717) is 18.2 Å². The normalized spacial score (nSPS) is 14.7. The SMILES string of the molecule is CCCCCCNC(=O)N1CCC(Sc2ccc(CCNC(=O)O)cc2)CC1. The summed E-state index contributed by atoms with van der Waals surface area (Å²) in [6, 6.07) is 8.42. The molecular weight excluding hydrogens is 374 g/mol. The van der Waals surface area contributed by atoms with Gasteiger partial charge in [-0.2, -0.15) is 0 Å². The molecule has 1 saturated heterocycles. The highest BCUT2D eigenvalue weighted by atomic mass is 32.2. The lowest BCUT2D eigenvalue weighted by Gasteiger charge is -2.31. The number of likely N-dealkylation sites (tertiary alicyclic amines) is 1. The number of piperidine rings is 1. The van der Waals surface area contributed by atoms with Gasteiger partial charge in [0, 0.05) is 36.3 Å². The maximum atomic E-state index is 12.2. The summed E-state index contributed by atoms with van der Waals surface area (Å²) in [5.41, 5.74) is 1.13. The molecule has 0 bridgehead atoms. The summed E-state index contributed by atoms with van der Waals surface area (Å²) in [5.74, 6) is 0. The van der Waals surface area contributed by atoms with Gasteiger partial charge in [0.2, 0.25) is 0 Å². The molecular formula is C21H33N3O3S. The minimum absolute atomic E-state index is 0.0827. The molecule has 1 heterocycles. The third-order valence-corrected chi connectivity index (χ3v) is 6.30. The molecule has 0 aliphatic carbocycles. The van der Waals surface area contributed by atoms with Gasteiger partial charge in [0.15, 0.2) is 0 Å². The molecule has 0 saturated carbocycles. The van der Waals surface area contributed by atoms with Gasteiger partial charge in [0.05, 0.1) is 0 Å². The lowest BCUT2D eigenvalue weighted by Crippen LogP contribution is -2.45. The molecule has 3 N–H and O–H groups in total. The Morgan fingerprint density at radius 3 is 2.43 bits per heavy atom. The summed E-state index contributed by atoms with van der Waals surface area (Å²) in [6.45, 7) is 5.03. The van der Waals surface area contributed by atoms with Crippen LogP contribution in [0.15, 0.2) is 29.2 Å². The Bertz CT molecular complexity index is 601. The number of unbranched alkanes of at least 4 members (excludes halogenated alkanes) is 3. The number of amides is 3. The van der Waals surface area contributed by atoms with E-state index in [0.717, 1.165) is 44.5 Å². The molecule has 0 atom stereocenters. The van der Waals surface area contributed by atoms with Crippen LogP contribution in [-0.4, -0.2) is 53.6 Å². The fourth-order valence-corrected chi connectivity index (χ4v) is 4.40. The van der Waals surface area contributed by atoms with Gasteiger partial charge in [-0.15, -0.1) is 11.8 Å². The van der Waals surface area contributed by atoms with E-state index in [4.69, 9.17) is 5.11 Å². The van der Waals surface area contributed by atoms with Crippen molar-refractivity contribution in [2.24, 2.45) is 0 Å². The standard InChI is InChI=1S/C21H33N3O3S/c1-2-3-4-5-13-22-20(25)24-15-11-19(12-16-24)28-18-8-6-17(7-9-18)10-14-23-21(26)27/h6-9,19,23H,2-5,10-16H2,1H3,(H,22,25)(H,26,27). The second kappa shape index (κ2) is 12.5. The fourth-order valence-electron chi connectivity index (χ4n) is 3.28. The molecule has 6 nitrogen and oxygen atoms in total. The van der Waals surface area contributed by atoms with Crippen molar-refractivity contribution >= 4 is 23.9 Å². The van der Waals surface area contributed by atoms with Crippen molar-refractivity contribution < 1.29 is 14.7 Å². The van der Waals surface area contributed by atoms with Gasteiger partial charge >= 0.3 is 12.1 Å². The van der Waals surface area contributed by atoms with E-state index in [1.807, 2.05) is 16.7 Å². The van der Waals surface area contributed by atoms with Crippen LogP contribution in [0.3, 0.4) is 0 Å². The van der Waals surface area contributed by atoms with Crippen LogP contribution in [-0.2, 0) is 6.42 Å². The second-order valence-corrected chi connectivity index (χ2v) is 8.60. The largest absolute Gasteiger partial charge is 0.465 e. The van der Waals surface area contributed by atoms with Crippen molar-refractivity contribution in [2.75, 3.05) is 26.2 Å². The van der Waals surface area contributed by atoms with Gasteiger partial charge in [-0.3, -0.25) is 0 Å². The number of carboxylic acid groups (broad SMARTS) is 1. The molecule has 2 rings (SSSR count). The average Bonchev–Trinajstić information content (AvgIpc) is 2.69. The monoisotopic (exact) mass is 407 g/mol. The highest BCUT2D eigenvalue weighted by molar-refractivity contribution is 8.00. The summed E-state index contributed by atoms with van der Waals surface area (Å²) in [7, 11) is 0. The number of urea groups is 1. The van der Waals surface area contributed by atoms with E-state index in [-0.39, 0.29) is 6.03 Å². The lowest BCUT2D eigenvalue weighted by atomic mass is 10.1. The molecule has 0 radical (unpaired) electrons.